The molecule has 2 heteroatoms. The Bertz CT molecular complexity index is 3290. The van der Waals surface area contributed by atoms with Gasteiger partial charge in [-0.05, 0) is 142 Å². The molecule has 1 aromatic heterocycles. The molecule has 2 aliphatic carbocycles. The van der Waals surface area contributed by atoms with E-state index in [4.69, 9.17) is 0 Å². The Labute approximate surface area is 394 Å². The molecule has 66 heavy (non-hydrogen) atoms. The summed E-state index contributed by atoms with van der Waals surface area (Å²) < 4.78 is 2.67. The first-order valence-corrected chi connectivity index (χ1v) is 25.0. The van der Waals surface area contributed by atoms with Gasteiger partial charge in [-0.3, -0.25) is 0 Å². The first-order chi connectivity index (χ1) is 32.5. The molecule has 2 fully saturated rings. The number of anilines is 3. The molecule has 2 aliphatic rings. The van der Waals surface area contributed by atoms with Crippen LogP contribution in [0, 0.1) is 24.7 Å². The second-order valence-electron chi connectivity index (χ2n) is 19.3. The monoisotopic (exact) mass is 869 g/mol. The number of benzene rings is 9. The summed E-state index contributed by atoms with van der Waals surface area (Å²) in [6.45, 7) is 4.87. The van der Waals surface area contributed by atoms with Crippen molar-refractivity contribution in [3.05, 3.63) is 246 Å². The van der Waals surface area contributed by atoms with Crippen molar-refractivity contribution < 1.29 is 0 Å². The molecule has 2 bridgehead atoms. The molecule has 0 spiro atoms. The fourth-order valence-corrected chi connectivity index (χ4v) is 13.6. The van der Waals surface area contributed by atoms with Crippen molar-refractivity contribution in [2.45, 2.75) is 57.3 Å². The third-order valence-electron chi connectivity index (χ3n) is 15.6. The van der Waals surface area contributed by atoms with E-state index in [2.05, 4.69) is 231 Å². The summed E-state index contributed by atoms with van der Waals surface area (Å²) in [5, 5.41) is 5.15. The van der Waals surface area contributed by atoms with E-state index in [-0.39, 0.29) is 0 Å². The minimum atomic E-state index is -0.551. The van der Waals surface area contributed by atoms with Gasteiger partial charge in [0, 0.05) is 36.9 Å². The number of fused-ring (bicyclic) bond motifs is 6. The summed E-state index contributed by atoms with van der Waals surface area (Å²) in [6.07, 6.45) is 6.84. The lowest BCUT2D eigenvalue weighted by Gasteiger charge is -2.42. The van der Waals surface area contributed by atoms with Crippen molar-refractivity contribution in [3.63, 3.8) is 0 Å². The third kappa shape index (κ3) is 6.97. The normalized spacial score (nSPS) is 17.6. The Morgan fingerprint density at radius 1 is 0.485 bits per heavy atom. The molecule has 0 radical (unpaired) electrons. The van der Waals surface area contributed by atoms with Crippen LogP contribution in [-0.2, 0) is 5.41 Å². The molecular formula is C64H55NS. The first-order valence-electron chi connectivity index (χ1n) is 24.1. The van der Waals surface area contributed by atoms with E-state index in [0.717, 1.165) is 17.5 Å². The Kier molecular flexibility index (Phi) is 10.4. The Balaban J connectivity index is 1.08. The fourth-order valence-electron chi connectivity index (χ4n) is 12.5. The van der Waals surface area contributed by atoms with Crippen LogP contribution in [0.5, 0.6) is 0 Å². The van der Waals surface area contributed by atoms with Gasteiger partial charge in [0.2, 0.25) is 0 Å². The van der Waals surface area contributed by atoms with Crippen LogP contribution in [0.2, 0.25) is 0 Å². The molecule has 9 aromatic carbocycles. The summed E-state index contributed by atoms with van der Waals surface area (Å²) in [4.78, 5) is 2.53. The average molecular weight is 870 g/mol. The molecule has 322 valence electrons. The molecule has 4 atom stereocenters. The largest absolute Gasteiger partial charge is 0.310 e. The fraction of sp³-hybridized carbons (Fsp3) is 0.188. The van der Waals surface area contributed by atoms with E-state index >= 15 is 0 Å². The highest BCUT2D eigenvalue weighted by molar-refractivity contribution is 7.25. The summed E-state index contributed by atoms with van der Waals surface area (Å²) in [7, 11) is 0. The van der Waals surface area contributed by atoms with Gasteiger partial charge in [0.1, 0.15) is 0 Å². The van der Waals surface area contributed by atoms with Crippen LogP contribution < -0.4 is 4.90 Å². The predicted octanol–water partition coefficient (Wildman–Crippen LogP) is 18.0. The SMILES string of the molecule is Cc1ccccc1C(c1ccccc1)(c1ccccc1)c1ccc(N(c2ccc(-c3ccc4c(c3)sc3ccccc34)cc2)c2cccc3ccccc23)cc1[C@@H](C)C1C[C@H]2CC[C@@H](C1)C2. The lowest BCUT2D eigenvalue weighted by atomic mass is 9.61. The van der Waals surface area contributed by atoms with Crippen LogP contribution in [0.15, 0.2) is 212 Å². The number of thiophene rings is 1. The Hall–Kier alpha value is -6.74. The standard InChI is InChI=1S/C64H55NS/c1-43-16-9-13-25-59(43)64(51-19-5-3-6-20-51,52-21-7-4-8-22-52)60-37-35-54(42-58(60)44(2)50-39-45-28-29-46(38-45)40-50)65(61-26-15-18-48-17-10-11-23-55(48)61)53-33-30-47(31-34-53)49-32-36-57-56-24-12-14-27-62(56)66-63(57)41-49/h3-27,30-37,41-42,44-46,50H,28-29,38-40H2,1-2H3/t44-,45-,46+,50?/m0/s1. The van der Waals surface area contributed by atoms with Crippen molar-refractivity contribution in [2.24, 2.45) is 17.8 Å². The lowest BCUT2D eigenvalue weighted by molar-refractivity contribution is 0.233. The molecule has 0 aliphatic heterocycles. The zero-order valence-corrected chi connectivity index (χ0v) is 38.7. The van der Waals surface area contributed by atoms with Gasteiger partial charge in [-0.2, -0.15) is 0 Å². The van der Waals surface area contributed by atoms with Crippen LogP contribution in [-0.4, -0.2) is 0 Å². The van der Waals surface area contributed by atoms with E-state index in [1.54, 1.807) is 0 Å². The van der Waals surface area contributed by atoms with Gasteiger partial charge < -0.3 is 4.90 Å². The summed E-state index contributed by atoms with van der Waals surface area (Å²) >= 11 is 1.88. The van der Waals surface area contributed by atoms with Crippen LogP contribution in [0.1, 0.15) is 78.3 Å². The van der Waals surface area contributed by atoms with Gasteiger partial charge in [-0.25, -0.2) is 0 Å². The number of nitrogens with zero attached hydrogens (tertiary/aromatic N) is 1. The maximum atomic E-state index is 2.61. The molecule has 0 N–H and O–H groups in total. The average Bonchev–Trinajstić information content (AvgIpc) is 3.93. The zero-order valence-electron chi connectivity index (χ0n) is 37.9. The summed E-state index contributed by atoms with van der Waals surface area (Å²) in [5.74, 6) is 2.66. The molecule has 2 saturated carbocycles. The lowest BCUT2D eigenvalue weighted by Crippen LogP contribution is -2.34. The van der Waals surface area contributed by atoms with Gasteiger partial charge in [-0.1, -0.05) is 190 Å². The molecule has 12 rings (SSSR count). The van der Waals surface area contributed by atoms with Gasteiger partial charge in [0.25, 0.3) is 0 Å². The smallest absolute Gasteiger partial charge is 0.0706 e. The number of rotatable bonds is 10. The highest BCUT2D eigenvalue weighted by Crippen LogP contribution is 2.54. The molecule has 10 aromatic rings. The Morgan fingerprint density at radius 2 is 1.09 bits per heavy atom. The van der Waals surface area contributed by atoms with Crippen molar-refractivity contribution in [2.75, 3.05) is 4.90 Å². The van der Waals surface area contributed by atoms with E-state index in [1.165, 1.54) is 119 Å². The minimum Gasteiger partial charge on any atom is -0.310 e. The molecule has 1 heterocycles. The first kappa shape index (κ1) is 40.7. The van der Waals surface area contributed by atoms with Crippen LogP contribution >= 0.6 is 11.3 Å². The summed E-state index contributed by atoms with van der Waals surface area (Å²) in [6, 6.07) is 80.1. The predicted molar refractivity (Wildman–Crippen MR) is 282 cm³/mol. The topological polar surface area (TPSA) is 3.24 Å². The molecule has 1 unspecified atom stereocenters. The highest BCUT2D eigenvalue weighted by atomic mass is 32.1. The maximum absolute atomic E-state index is 2.61. The molecule has 0 saturated heterocycles. The number of hydrogen-bond donors (Lipinski definition) is 0. The van der Waals surface area contributed by atoms with E-state index in [0.29, 0.717) is 11.8 Å². The number of aryl methyl sites for hydroxylation is 1. The van der Waals surface area contributed by atoms with E-state index in [9.17, 15) is 0 Å². The van der Waals surface area contributed by atoms with E-state index < -0.39 is 5.41 Å². The molecule has 1 nitrogen and oxygen atoms in total. The van der Waals surface area contributed by atoms with E-state index in [1.807, 2.05) is 11.3 Å². The maximum Gasteiger partial charge on any atom is 0.0706 e. The summed E-state index contributed by atoms with van der Waals surface area (Å²) in [5.41, 5.74) is 13.5. The van der Waals surface area contributed by atoms with Crippen molar-refractivity contribution in [1.82, 2.24) is 0 Å². The minimum absolute atomic E-state index is 0.347. The van der Waals surface area contributed by atoms with Crippen molar-refractivity contribution >= 4 is 59.3 Å². The van der Waals surface area contributed by atoms with Gasteiger partial charge in [0.15, 0.2) is 0 Å². The second-order valence-corrected chi connectivity index (χ2v) is 20.4. The quantitative estimate of drug-likeness (QED) is 0.124. The zero-order chi connectivity index (χ0) is 44.2. The molecular weight excluding hydrogens is 815 g/mol. The van der Waals surface area contributed by atoms with Crippen LogP contribution in [0.4, 0.5) is 17.1 Å². The van der Waals surface area contributed by atoms with Gasteiger partial charge in [-0.15, -0.1) is 11.3 Å². The van der Waals surface area contributed by atoms with Gasteiger partial charge in [0.05, 0.1) is 11.1 Å². The van der Waals surface area contributed by atoms with Crippen molar-refractivity contribution in [1.29, 1.82) is 0 Å². The van der Waals surface area contributed by atoms with Crippen molar-refractivity contribution in [3.8, 4) is 11.1 Å². The van der Waals surface area contributed by atoms with Crippen LogP contribution in [0.3, 0.4) is 0 Å². The highest BCUT2D eigenvalue weighted by Gasteiger charge is 2.44. The number of hydrogen-bond acceptors (Lipinski definition) is 2. The third-order valence-corrected chi connectivity index (χ3v) is 16.8. The second kappa shape index (κ2) is 16.9. The van der Waals surface area contributed by atoms with Gasteiger partial charge >= 0.3 is 0 Å². The molecule has 0 amide bonds. The van der Waals surface area contributed by atoms with Crippen LogP contribution in [0.25, 0.3) is 42.1 Å². The Morgan fingerprint density at radius 3 is 1.83 bits per heavy atom.